The van der Waals surface area contributed by atoms with Crippen LogP contribution in [0.15, 0.2) is 134 Å². The van der Waals surface area contributed by atoms with Crippen molar-refractivity contribution in [1.29, 1.82) is 0 Å². The van der Waals surface area contributed by atoms with Crippen LogP contribution >= 0.6 is 116 Å². The van der Waals surface area contributed by atoms with E-state index in [4.69, 9.17) is 116 Å². The van der Waals surface area contributed by atoms with Gasteiger partial charge in [0, 0.05) is 89.0 Å². The van der Waals surface area contributed by atoms with Crippen LogP contribution in [0, 0.1) is 52.1 Å². The molecule has 0 bridgehead atoms. The van der Waals surface area contributed by atoms with E-state index in [0.29, 0.717) is 95.5 Å². The SMILES string of the molecule is Cc1nc2c(c(-c3ccn[nH]3)n1)CC(C)N(C(=O)c1ccc(Cl)c(F)c1Cl)C2.Cc1nc2c(c(-c3ccn[nH]3)n1)C[C@@H](C)N(C(=O)c1ccc(Cl)c(F)c1Cl)C2.Cc1nc2c(c(-c3ccn[nH]3)n1)C[C@@H](C)N(C(=O)c1cccc(Cl)c1Cl)C2.Cc1nc2c(c(-c3ccn[nH]3)n1)C[C@H](C)N(C(=O)c1ccc(Cl)c(F)c1Cl)C2.Cc1nc2c(c(-c3ccn[nH]3)n1)C[C@H](C)N(C(=O)c1cccc(Cl)c1Cl)C2. The van der Waals surface area contributed by atoms with Crippen molar-refractivity contribution in [2.45, 2.75) is 164 Å². The maximum atomic E-state index is 14.1. The second-order valence-corrected chi connectivity index (χ2v) is 37.3. The number of nitrogens with one attached hydrogen (secondary N) is 5. The summed E-state index contributed by atoms with van der Waals surface area (Å²) in [6.07, 6.45) is 11.4. The highest BCUT2D eigenvalue weighted by molar-refractivity contribution is 6.45. The Balaban J connectivity index is 0.000000125. The highest BCUT2D eigenvalue weighted by Gasteiger charge is 2.40. The molecule has 1 unspecified atom stereocenters. The lowest BCUT2D eigenvalue weighted by Gasteiger charge is -2.35. The van der Waals surface area contributed by atoms with Gasteiger partial charge in [0.2, 0.25) is 0 Å². The third-order valence-corrected chi connectivity index (χ3v) is 27.6. The van der Waals surface area contributed by atoms with Crippen molar-refractivity contribution >= 4 is 146 Å². The summed E-state index contributed by atoms with van der Waals surface area (Å²) < 4.78 is 42.2. The first kappa shape index (κ1) is 98.6. The molecule has 10 aromatic heterocycles. The van der Waals surface area contributed by atoms with E-state index in [1.807, 2.05) is 78.8 Å². The van der Waals surface area contributed by atoms with Gasteiger partial charge in [-0.15, -0.1) is 0 Å². The Morgan fingerprint density at radius 2 is 0.464 bits per heavy atom. The molecule has 0 radical (unpaired) electrons. The average Bonchev–Trinajstić information content (AvgIpc) is 1.16. The molecule has 138 heavy (non-hydrogen) atoms. The molecule has 5 N–H and O–H groups in total. The molecule has 43 heteroatoms. The van der Waals surface area contributed by atoms with Gasteiger partial charge in [0.15, 0.2) is 17.5 Å². The predicted octanol–water partition coefficient (Wildman–Crippen LogP) is 20.8. The molecule has 5 atom stereocenters. The summed E-state index contributed by atoms with van der Waals surface area (Å²) in [6, 6.07) is 27.3. The molecule has 0 fully saturated rings. The van der Waals surface area contributed by atoms with E-state index in [2.05, 4.69) is 101 Å². The number of benzene rings is 5. The van der Waals surface area contributed by atoms with Crippen molar-refractivity contribution in [1.82, 2.24) is 125 Å². The van der Waals surface area contributed by atoms with Gasteiger partial charge in [-0.2, -0.15) is 25.5 Å². The van der Waals surface area contributed by atoms with E-state index >= 15 is 0 Å². The number of rotatable bonds is 10. The number of amides is 5. The maximum Gasteiger partial charge on any atom is 0.256 e. The highest BCUT2D eigenvalue weighted by atomic mass is 35.5. The molecular weight excluding hydrogens is 1980 g/mol. The molecule has 0 aliphatic carbocycles. The molecule has 5 aliphatic heterocycles. The minimum absolute atomic E-state index is 0.0342. The van der Waals surface area contributed by atoms with Crippen LogP contribution in [0.25, 0.3) is 56.9 Å². The van der Waals surface area contributed by atoms with E-state index in [9.17, 15) is 37.1 Å². The molecule has 0 saturated heterocycles. The first-order chi connectivity index (χ1) is 66.0. The van der Waals surface area contributed by atoms with Crippen molar-refractivity contribution < 1.29 is 37.1 Å². The smallest absolute Gasteiger partial charge is 0.256 e. The molecule has 0 saturated carbocycles. The number of halogens is 13. The zero-order chi connectivity index (χ0) is 98.3. The summed E-state index contributed by atoms with van der Waals surface area (Å²) in [5.41, 5.74) is 18.2. The van der Waals surface area contributed by atoms with Crippen LogP contribution < -0.4 is 0 Å². The lowest BCUT2D eigenvalue weighted by Crippen LogP contribution is -2.43. The zero-order valence-electron chi connectivity index (χ0n) is 75.1. The molecule has 15 aromatic rings. The van der Waals surface area contributed by atoms with Gasteiger partial charge in [0.25, 0.3) is 29.5 Å². The monoisotopic (exact) mass is 2060 g/mol. The molecule has 30 nitrogen and oxygen atoms in total. The van der Waals surface area contributed by atoms with Gasteiger partial charge in [0.1, 0.15) is 29.1 Å². The molecule has 20 rings (SSSR count). The Morgan fingerprint density at radius 1 is 0.268 bits per heavy atom. The van der Waals surface area contributed by atoms with Crippen LogP contribution in [0.2, 0.25) is 50.2 Å². The van der Waals surface area contributed by atoms with Crippen molar-refractivity contribution in [3.05, 3.63) is 315 Å². The lowest BCUT2D eigenvalue weighted by molar-refractivity contribution is 0.0646. The number of nitrogens with zero attached hydrogens (tertiary/aromatic N) is 20. The van der Waals surface area contributed by atoms with Crippen molar-refractivity contribution in [2.75, 3.05) is 0 Å². The topological polar surface area (TPSA) is 374 Å². The summed E-state index contributed by atoms with van der Waals surface area (Å²) in [4.78, 5) is 120. The van der Waals surface area contributed by atoms with Crippen LogP contribution in [0.4, 0.5) is 13.2 Å². The Labute approximate surface area is 837 Å². The van der Waals surface area contributed by atoms with Crippen molar-refractivity contribution in [3.8, 4) is 56.9 Å². The van der Waals surface area contributed by atoms with Gasteiger partial charge < -0.3 is 24.5 Å². The van der Waals surface area contributed by atoms with Crippen LogP contribution in [0.5, 0.6) is 0 Å². The molecule has 5 aromatic carbocycles. The summed E-state index contributed by atoms with van der Waals surface area (Å²) in [5.74, 6) is -0.670. The summed E-state index contributed by atoms with van der Waals surface area (Å²) >= 11 is 60.0. The van der Waals surface area contributed by atoms with Crippen LogP contribution in [-0.4, -0.2) is 185 Å². The fraction of sp³-hybridized carbons (Fsp3) is 0.263. The Bertz CT molecular complexity index is 6640. The number of carbonyl (C=O) groups excluding carboxylic acids is 5. The fourth-order valence-corrected chi connectivity index (χ4v) is 19.3. The fourth-order valence-electron chi connectivity index (χ4n) is 17.2. The Morgan fingerprint density at radius 3 is 0.652 bits per heavy atom. The second kappa shape index (κ2) is 41.7. The zero-order valence-corrected chi connectivity index (χ0v) is 82.6. The molecule has 15 heterocycles. The van der Waals surface area contributed by atoms with Gasteiger partial charge in [-0.25, -0.2) is 63.0 Å². The number of H-pyrrole nitrogens is 5. The standard InChI is InChI=1S/3C19H16Cl2FN5O.2C19H17Cl2N5O/c3*1-9-7-12-15(24-10(2)25-18(12)14-5-6-23-26-14)8-27(9)19(28)11-3-4-13(20)17(22)16(11)21;2*1-10-8-13-16(23-11(2)24-18(13)15-6-7-22-25-15)9-26(10)19(27)12-4-3-5-14(20)17(12)21/h3*3-6,9H,7-8H2,1-2H3,(H,23,26);2*3-7,10H,8-9H2,1-2H3,(H,22,25)/t2*9-;;2*10-/m10.10/s1. The molecule has 0 spiro atoms. The Hall–Kier alpha value is -12.4. The summed E-state index contributed by atoms with van der Waals surface area (Å²) in [7, 11) is 0. The average molecular weight is 2070 g/mol. The van der Waals surface area contributed by atoms with Gasteiger partial charge in [-0.3, -0.25) is 49.5 Å². The number of hydrogen-bond acceptors (Lipinski definition) is 20. The van der Waals surface area contributed by atoms with Crippen molar-refractivity contribution in [2.24, 2.45) is 0 Å². The first-order valence-corrected chi connectivity index (χ1v) is 46.9. The Kier molecular flexibility index (Phi) is 29.8. The number of aryl methyl sites for hydroxylation is 5. The minimum atomic E-state index is -0.793. The number of hydrogen-bond donors (Lipinski definition) is 5. The lowest BCUT2D eigenvalue weighted by atomic mass is 9.95. The first-order valence-electron chi connectivity index (χ1n) is 43.1. The predicted molar refractivity (Wildman–Crippen MR) is 519 cm³/mol. The highest BCUT2D eigenvalue weighted by Crippen LogP contribution is 2.42. The van der Waals surface area contributed by atoms with Crippen LogP contribution in [0.3, 0.4) is 0 Å². The summed E-state index contributed by atoms with van der Waals surface area (Å²) in [5, 5.41) is 34.9. The largest absolute Gasteiger partial charge is 0.330 e. The molecule has 708 valence electrons. The normalized spacial score (nSPS) is 16.2. The quantitative estimate of drug-likeness (QED) is 0.0794. The van der Waals surface area contributed by atoms with Gasteiger partial charge in [-0.1, -0.05) is 128 Å². The third kappa shape index (κ3) is 20.4. The van der Waals surface area contributed by atoms with Gasteiger partial charge in [0.05, 0.1) is 196 Å². The molecular formula is C95H82Cl10F3N25O5. The van der Waals surface area contributed by atoms with E-state index in [1.165, 1.54) is 36.4 Å². The van der Waals surface area contributed by atoms with Crippen LogP contribution in [-0.2, 0) is 64.8 Å². The minimum Gasteiger partial charge on any atom is -0.330 e. The van der Waals surface area contributed by atoms with Crippen molar-refractivity contribution in [3.63, 3.8) is 0 Å². The summed E-state index contributed by atoms with van der Waals surface area (Å²) in [6.45, 7) is 20.5. The number of carbonyl (C=O) groups is 5. The number of aromatic amines is 5. The van der Waals surface area contributed by atoms with Crippen LogP contribution in [0.1, 0.15) is 172 Å². The second-order valence-electron chi connectivity index (χ2n) is 33.4. The van der Waals surface area contributed by atoms with E-state index in [-0.39, 0.29) is 136 Å². The number of aromatic nitrogens is 20. The van der Waals surface area contributed by atoms with E-state index < -0.39 is 17.5 Å². The third-order valence-electron chi connectivity index (χ3n) is 24.0. The van der Waals surface area contributed by atoms with E-state index in [0.717, 1.165) is 113 Å². The molecule has 5 amide bonds. The van der Waals surface area contributed by atoms with Gasteiger partial charge in [-0.05, 0) is 192 Å². The van der Waals surface area contributed by atoms with E-state index in [1.54, 1.807) is 113 Å². The number of fused-ring (bicyclic) bond motifs is 5. The maximum absolute atomic E-state index is 14.1. The molecule has 5 aliphatic rings. The van der Waals surface area contributed by atoms with Gasteiger partial charge >= 0.3 is 0 Å².